The number of furan rings is 1. The van der Waals surface area contributed by atoms with E-state index >= 15 is 0 Å². The molecule has 6 heteroatoms. The second kappa shape index (κ2) is 7.76. The van der Waals surface area contributed by atoms with Crippen LogP contribution in [0.4, 0.5) is 0 Å². The van der Waals surface area contributed by atoms with E-state index < -0.39 is 10.0 Å². The first-order valence-corrected chi connectivity index (χ1v) is 9.66. The van der Waals surface area contributed by atoms with E-state index in [0.717, 1.165) is 11.1 Å². The summed E-state index contributed by atoms with van der Waals surface area (Å²) in [5.41, 5.74) is 2.00. The lowest BCUT2D eigenvalue weighted by atomic mass is 10.1. The van der Waals surface area contributed by atoms with E-state index in [2.05, 4.69) is 0 Å². The summed E-state index contributed by atoms with van der Waals surface area (Å²) in [6.07, 6.45) is 1.54. The molecule has 0 aliphatic rings. The van der Waals surface area contributed by atoms with Crippen LogP contribution in [0.25, 0.3) is 0 Å². The molecule has 26 heavy (non-hydrogen) atoms. The van der Waals surface area contributed by atoms with Crippen molar-refractivity contribution in [1.82, 2.24) is 4.31 Å². The summed E-state index contributed by atoms with van der Waals surface area (Å²) in [7, 11) is -2.15. The number of ether oxygens (including phenoxy) is 1. The van der Waals surface area contributed by atoms with Crippen molar-refractivity contribution in [2.24, 2.45) is 0 Å². The Hall–Kier alpha value is -2.57. The molecule has 0 radical (unpaired) electrons. The average Bonchev–Trinajstić information content (AvgIpc) is 3.16. The number of sulfonamides is 1. The number of rotatable bonds is 7. The van der Waals surface area contributed by atoms with Gasteiger partial charge in [-0.2, -0.15) is 4.31 Å². The van der Waals surface area contributed by atoms with Crippen molar-refractivity contribution >= 4 is 10.0 Å². The quantitative estimate of drug-likeness (QED) is 0.630. The molecule has 0 unspecified atom stereocenters. The van der Waals surface area contributed by atoms with Gasteiger partial charge in [0.2, 0.25) is 10.0 Å². The van der Waals surface area contributed by atoms with E-state index in [9.17, 15) is 8.42 Å². The van der Waals surface area contributed by atoms with Crippen LogP contribution in [-0.2, 0) is 23.1 Å². The second-order valence-electron chi connectivity index (χ2n) is 5.95. The summed E-state index contributed by atoms with van der Waals surface area (Å²) >= 11 is 0. The third kappa shape index (κ3) is 3.98. The molecule has 0 bridgehead atoms. The average molecular weight is 371 g/mol. The molecule has 0 aliphatic heterocycles. The molecule has 2 aromatic carbocycles. The molecule has 0 amide bonds. The van der Waals surface area contributed by atoms with Crippen LogP contribution in [-0.4, -0.2) is 19.8 Å². The highest BCUT2D eigenvalue weighted by molar-refractivity contribution is 7.89. The van der Waals surface area contributed by atoms with E-state index in [1.54, 1.807) is 49.8 Å². The maximum absolute atomic E-state index is 13.2. The van der Waals surface area contributed by atoms with Gasteiger partial charge in [-0.15, -0.1) is 0 Å². The molecule has 3 rings (SSSR count). The van der Waals surface area contributed by atoms with Crippen molar-refractivity contribution in [2.75, 3.05) is 7.11 Å². The van der Waals surface area contributed by atoms with Crippen LogP contribution < -0.4 is 4.74 Å². The maximum Gasteiger partial charge on any atom is 0.243 e. The Morgan fingerprint density at radius 3 is 2.31 bits per heavy atom. The van der Waals surface area contributed by atoms with Gasteiger partial charge in [0.25, 0.3) is 0 Å². The van der Waals surface area contributed by atoms with Crippen molar-refractivity contribution in [1.29, 1.82) is 0 Å². The fourth-order valence-corrected chi connectivity index (χ4v) is 4.06. The summed E-state index contributed by atoms with van der Waals surface area (Å²) in [6, 6.07) is 17.7. The normalized spacial score (nSPS) is 11.7. The van der Waals surface area contributed by atoms with Crippen LogP contribution in [0.1, 0.15) is 16.9 Å². The Morgan fingerprint density at radius 1 is 0.962 bits per heavy atom. The fourth-order valence-electron chi connectivity index (χ4n) is 2.68. The minimum absolute atomic E-state index is 0.162. The molecule has 0 N–H and O–H groups in total. The van der Waals surface area contributed by atoms with Crippen molar-refractivity contribution in [3.05, 3.63) is 83.8 Å². The van der Waals surface area contributed by atoms with E-state index in [1.807, 2.05) is 31.2 Å². The highest BCUT2D eigenvalue weighted by Gasteiger charge is 2.26. The third-order valence-corrected chi connectivity index (χ3v) is 6.02. The number of hydrogen-bond donors (Lipinski definition) is 0. The van der Waals surface area contributed by atoms with Crippen molar-refractivity contribution in [3.8, 4) is 5.75 Å². The van der Waals surface area contributed by atoms with E-state index in [0.29, 0.717) is 11.5 Å². The van der Waals surface area contributed by atoms with Gasteiger partial charge >= 0.3 is 0 Å². The smallest absolute Gasteiger partial charge is 0.243 e. The van der Waals surface area contributed by atoms with Crippen molar-refractivity contribution < 1.29 is 17.6 Å². The van der Waals surface area contributed by atoms with Gasteiger partial charge in [-0.25, -0.2) is 8.42 Å². The van der Waals surface area contributed by atoms with Crippen LogP contribution in [0, 0.1) is 6.92 Å². The third-order valence-electron chi connectivity index (χ3n) is 4.22. The van der Waals surface area contributed by atoms with Crippen LogP contribution in [0.15, 0.2) is 76.2 Å². The molecule has 0 spiro atoms. The molecule has 5 nitrogen and oxygen atoms in total. The molecule has 0 fully saturated rings. The van der Waals surface area contributed by atoms with E-state index in [-0.39, 0.29) is 18.0 Å². The SMILES string of the molecule is COc1ccc(S(=O)(=O)N(Cc2ccco2)Cc2ccccc2C)cc1. The summed E-state index contributed by atoms with van der Waals surface area (Å²) in [5.74, 6) is 1.20. The van der Waals surface area contributed by atoms with Gasteiger partial charge in [0.15, 0.2) is 0 Å². The standard InChI is InChI=1S/C20H21NO4S/c1-16-6-3-4-7-17(16)14-21(15-19-8-5-13-25-19)26(22,23)20-11-9-18(24-2)10-12-20/h3-13H,14-15H2,1-2H3. The first kappa shape index (κ1) is 18.2. The van der Waals surface area contributed by atoms with Gasteiger partial charge in [0, 0.05) is 6.54 Å². The summed E-state index contributed by atoms with van der Waals surface area (Å²) < 4.78 is 38.4. The van der Waals surface area contributed by atoms with Crippen molar-refractivity contribution in [2.45, 2.75) is 24.9 Å². The maximum atomic E-state index is 13.2. The molecule has 0 atom stereocenters. The minimum Gasteiger partial charge on any atom is -0.497 e. The lowest BCUT2D eigenvalue weighted by molar-refractivity contribution is 0.358. The topological polar surface area (TPSA) is 59.8 Å². The van der Waals surface area contributed by atoms with E-state index in [4.69, 9.17) is 9.15 Å². The molecular weight excluding hydrogens is 350 g/mol. The van der Waals surface area contributed by atoms with Gasteiger partial charge in [-0.05, 0) is 54.4 Å². The fraction of sp³-hybridized carbons (Fsp3) is 0.200. The van der Waals surface area contributed by atoms with Crippen LogP contribution in [0.2, 0.25) is 0 Å². The van der Waals surface area contributed by atoms with Gasteiger partial charge in [-0.3, -0.25) is 0 Å². The molecule has 0 aliphatic carbocycles. The molecule has 136 valence electrons. The van der Waals surface area contributed by atoms with Gasteiger partial charge in [0.05, 0.1) is 24.8 Å². The highest BCUT2D eigenvalue weighted by Crippen LogP contribution is 2.24. The molecular formula is C20H21NO4S. The van der Waals surface area contributed by atoms with Crippen LogP contribution in [0.5, 0.6) is 5.75 Å². The molecule has 0 saturated heterocycles. The van der Waals surface area contributed by atoms with Crippen LogP contribution in [0.3, 0.4) is 0 Å². The van der Waals surface area contributed by atoms with E-state index in [1.165, 1.54) is 4.31 Å². The van der Waals surface area contributed by atoms with Gasteiger partial charge in [-0.1, -0.05) is 24.3 Å². The Morgan fingerprint density at radius 2 is 1.69 bits per heavy atom. The molecule has 0 saturated carbocycles. The van der Waals surface area contributed by atoms with Crippen LogP contribution >= 0.6 is 0 Å². The first-order chi connectivity index (χ1) is 12.5. The second-order valence-corrected chi connectivity index (χ2v) is 7.89. The lowest BCUT2D eigenvalue weighted by Crippen LogP contribution is -2.30. The van der Waals surface area contributed by atoms with Gasteiger partial charge in [0.1, 0.15) is 11.5 Å². The zero-order valence-corrected chi connectivity index (χ0v) is 15.6. The summed E-state index contributed by atoms with van der Waals surface area (Å²) in [6.45, 7) is 2.40. The Bertz CT molecular complexity index is 948. The number of nitrogens with zero attached hydrogens (tertiary/aromatic N) is 1. The number of benzene rings is 2. The number of hydrogen-bond acceptors (Lipinski definition) is 4. The Labute approximate surface area is 153 Å². The Kier molecular flexibility index (Phi) is 5.44. The summed E-state index contributed by atoms with van der Waals surface area (Å²) in [5, 5.41) is 0. The van der Waals surface area contributed by atoms with Crippen molar-refractivity contribution in [3.63, 3.8) is 0 Å². The number of aryl methyl sites for hydroxylation is 1. The number of methoxy groups -OCH3 is 1. The predicted octanol–water partition coefficient (Wildman–Crippen LogP) is 3.99. The monoisotopic (exact) mass is 371 g/mol. The molecule has 1 aromatic heterocycles. The lowest BCUT2D eigenvalue weighted by Gasteiger charge is -2.22. The highest BCUT2D eigenvalue weighted by atomic mass is 32.2. The first-order valence-electron chi connectivity index (χ1n) is 8.22. The largest absolute Gasteiger partial charge is 0.497 e. The zero-order valence-electron chi connectivity index (χ0n) is 14.8. The molecule has 1 heterocycles. The minimum atomic E-state index is -3.70. The van der Waals surface area contributed by atoms with Gasteiger partial charge < -0.3 is 9.15 Å². The molecule has 3 aromatic rings. The summed E-state index contributed by atoms with van der Waals surface area (Å²) in [4.78, 5) is 0.221. The Balaban J connectivity index is 1.96. The predicted molar refractivity (Wildman–Crippen MR) is 99.3 cm³/mol. The zero-order chi connectivity index (χ0) is 18.6.